The van der Waals surface area contributed by atoms with Gasteiger partial charge in [0.15, 0.2) is 0 Å². The van der Waals surface area contributed by atoms with E-state index in [4.69, 9.17) is 39.5 Å². The van der Waals surface area contributed by atoms with Gasteiger partial charge in [-0.1, -0.05) is 34.8 Å². The molecule has 0 aliphatic heterocycles. The Morgan fingerprint density at radius 3 is 2.75 bits per heavy atom. The van der Waals surface area contributed by atoms with Gasteiger partial charge in [0.05, 0.1) is 22.2 Å². The molecule has 0 atom stereocenters. The first-order valence-electron chi connectivity index (χ1n) is 5.48. The molecule has 4 nitrogen and oxygen atoms in total. The van der Waals surface area contributed by atoms with Gasteiger partial charge < -0.3 is 4.74 Å². The highest BCUT2D eigenvalue weighted by atomic mass is 79.9. The summed E-state index contributed by atoms with van der Waals surface area (Å²) in [5.74, 6) is 0.627. The molecule has 0 amide bonds. The summed E-state index contributed by atoms with van der Waals surface area (Å²) in [7, 11) is 0. The average molecular weight is 398 g/mol. The zero-order valence-corrected chi connectivity index (χ0v) is 13.8. The number of benzene rings is 1. The van der Waals surface area contributed by atoms with Crippen LogP contribution in [0.2, 0.25) is 15.1 Å². The van der Waals surface area contributed by atoms with Crippen LogP contribution in [0.15, 0.2) is 33.7 Å². The van der Waals surface area contributed by atoms with Crippen molar-refractivity contribution in [1.29, 1.82) is 0 Å². The molecular formula is C12H8BrCl3N2O2. The number of ether oxygens (including phenoxy) is 1. The van der Waals surface area contributed by atoms with Crippen molar-refractivity contribution in [3.05, 3.63) is 54.3 Å². The fourth-order valence-corrected chi connectivity index (χ4v) is 2.51. The third-order valence-electron chi connectivity index (χ3n) is 2.40. The molecule has 0 unspecified atom stereocenters. The Hall–Kier alpha value is -0.750. The van der Waals surface area contributed by atoms with E-state index in [1.165, 1.54) is 10.9 Å². The summed E-state index contributed by atoms with van der Waals surface area (Å²) in [4.78, 5) is 11.7. The van der Waals surface area contributed by atoms with Gasteiger partial charge in [-0.25, -0.2) is 4.68 Å². The Kier molecular flexibility index (Phi) is 5.32. The molecule has 8 heteroatoms. The van der Waals surface area contributed by atoms with E-state index in [0.29, 0.717) is 10.8 Å². The Balaban J connectivity index is 2.03. The summed E-state index contributed by atoms with van der Waals surface area (Å²) in [6.07, 6.45) is 1.32. The van der Waals surface area contributed by atoms with Crippen LogP contribution >= 0.6 is 50.7 Å². The van der Waals surface area contributed by atoms with E-state index >= 15 is 0 Å². The summed E-state index contributed by atoms with van der Waals surface area (Å²) in [5, 5.41) is 4.57. The zero-order chi connectivity index (χ0) is 14.7. The maximum absolute atomic E-state index is 11.7. The second-order valence-electron chi connectivity index (χ2n) is 3.76. The Bertz CT molecular complexity index is 691. The van der Waals surface area contributed by atoms with Crippen LogP contribution in [0, 0.1) is 0 Å². The van der Waals surface area contributed by atoms with Gasteiger partial charge in [-0.3, -0.25) is 4.79 Å². The van der Waals surface area contributed by atoms with Crippen LogP contribution < -0.4 is 10.3 Å². The van der Waals surface area contributed by atoms with Crippen molar-refractivity contribution in [2.45, 2.75) is 6.54 Å². The molecule has 0 saturated carbocycles. The van der Waals surface area contributed by atoms with Crippen molar-refractivity contribution >= 4 is 50.7 Å². The van der Waals surface area contributed by atoms with Crippen LogP contribution in [0.4, 0.5) is 0 Å². The highest BCUT2D eigenvalue weighted by Gasteiger charge is 2.08. The Labute approximate surface area is 138 Å². The van der Waals surface area contributed by atoms with Crippen LogP contribution in [0.1, 0.15) is 0 Å². The van der Waals surface area contributed by atoms with Gasteiger partial charge in [0, 0.05) is 5.02 Å². The summed E-state index contributed by atoms with van der Waals surface area (Å²) in [6.45, 7) is 0.510. The van der Waals surface area contributed by atoms with E-state index < -0.39 is 5.56 Å². The van der Waals surface area contributed by atoms with Crippen molar-refractivity contribution in [2.24, 2.45) is 0 Å². The molecule has 2 aromatic rings. The molecule has 1 aromatic carbocycles. The summed E-state index contributed by atoms with van der Waals surface area (Å²) in [5.41, 5.74) is -0.446. The maximum atomic E-state index is 11.7. The third kappa shape index (κ3) is 3.67. The molecule has 106 valence electrons. The van der Waals surface area contributed by atoms with E-state index in [-0.39, 0.29) is 23.2 Å². The molecule has 0 N–H and O–H groups in total. The van der Waals surface area contributed by atoms with Gasteiger partial charge in [-0.2, -0.15) is 5.10 Å². The monoisotopic (exact) mass is 396 g/mol. The van der Waals surface area contributed by atoms with Crippen molar-refractivity contribution < 1.29 is 4.74 Å². The number of halogens is 4. The van der Waals surface area contributed by atoms with Crippen LogP contribution in [0.25, 0.3) is 0 Å². The second-order valence-corrected chi connectivity index (χ2v) is 5.83. The van der Waals surface area contributed by atoms with Crippen molar-refractivity contribution in [3.63, 3.8) is 0 Å². The van der Waals surface area contributed by atoms with Crippen LogP contribution in [-0.2, 0) is 6.54 Å². The van der Waals surface area contributed by atoms with Gasteiger partial charge >= 0.3 is 0 Å². The highest BCUT2D eigenvalue weighted by Crippen LogP contribution is 2.27. The summed E-state index contributed by atoms with van der Waals surface area (Å²) >= 11 is 20.6. The van der Waals surface area contributed by atoms with Crippen LogP contribution in [0.5, 0.6) is 5.75 Å². The molecule has 0 spiro atoms. The van der Waals surface area contributed by atoms with Crippen molar-refractivity contribution in [3.8, 4) is 5.75 Å². The Morgan fingerprint density at radius 2 is 2.05 bits per heavy atom. The lowest BCUT2D eigenvalue weighted by atomic mass is 10.3. The quantitative estimate of drug-likeness (QED) is 0.781. The largest absolute Gasteiger partial charge is 0.490 e. The first-order valence-corrected chi connectivity index (χ1v) is 7.40. The topological polar surface area (TPSA) is 44.1 Å². The lowest BCUT2D eigenvalue weighted by Crippen LogP contribution is -2.26. The molecule has 1 heterocycles. The number of aromatic nitrogens is 2. The fourth-order valence-electron chi connectivity index (χ4n) is 1.44. The molecule has 0 saturated heterocycles. The van der Waals surface area contributed by atoms with Gasteiger partial charge in [-0.15, -0.1) is 0 Å². The van der Waals surface area contributed by atoms with Gasteiger partial charge in [0.2, 0.25) is 0 Å². The SMILES string of the molecule is O=c1c(Cl)c(Cl)cnn1CCOc1ccc(Cl)cc1Br. The van der Waals surface area contributed by atoms with E-state index in [9.17, 15) is 4.79 Å². The first-order chi connectivity index (χ1) is 9.49. The molecule has 0 aliphatic carbocycles. The standard InChI is InChI=1S/C12H8BrCl3N2O2/c13-8-5-7(14)1-2-10(8)20-4-3-18-12(19)11(16)9(15)6-17-18/h1-2,5-6H,3-4H2. The Morgan fingerprint density at radius 1 is 1.30 bits per heavy atom. The first kappa shape index (κ1) is 15.6. The van der Waals surface area contributed by atoms with Gasteiger partial charge in [-0.05, 0) is 34.1 Å². The molecule has 0 bridgehead atoms. The number of nitrogens with zero attached hydrogens (tertiary/aromatic N) is 2. The normalized spacial score (nSPS) is 10.6. The number of rotatable bonds is 4. The highest BCUT2D eigenvalue weighted by molar-refractivity contribution is 9.10. The minimum absolute atomic E-state index is 0.0469. The molecule has 0 radical (unpaired) electrons. The predicted octanol–water partition coefficient (Wildman–Crippen LogP) is 4.05. The maximum Gasteiger partial charge on any atom is 0.287 e. The molecule has 20 heavy (non-hydrogen) atoms. The van der Waals surface area contributed by atoms with Crippen molar-refractivity contribution in [1.82, 2.24) is 9.78 Å². The van der Waals surface area contributed by atoms with Crippen LogP contribution in [0.3, 0.4) is 0 Å². The minimum Gasteiger partial charge on any atom is -0.490 e. The summed E-state index contributed by atoms with van der Waals surface area (Å²) in [6, 6.07) is 5.17. The van der Waals surface area contributed by atoms with Crippen molar-refractivity contribution in [2.75, 3.05) is 6.61 Å². The second kappa shape index (κ2) is 6.80. The van der Waals surface area contributed by atoms with Crippen LogP contribution in [-0.4, -0.2) is 16.4 Å². The zero-order valence-electron chi connectivity index (χ0n) is 9.95. The fraction of sp³-hybridized carbons (Fsp3) is 0.167. The smallest absolute Gasteiger partial charge is 0.287 e. The third-order valence-corrected chi connectivity index (χ3v) is 4.00. The average Bonchev–Trinajstić information content (AvgIpc) is 2.41. The van der Waals surface area contributed by atoms with Gasteiger partial charge in [0.25, 0.3) is 5.56 Å². The van der Waals surface area contributed by atoms with E-state index in [0.717, 1.165) is 4.47 Å². The summed E-state index contributed by atoms with van der Waals surface area (Å²) < 4.78 is 7.47. The number of hydrogen-bond donors (Lipinski definition) is 0. The predicted molar refractivity (Wildman–Crippen MR) is 83.2 cm³/mol. The van der Waals surface area contributed by atoms with E-state index in [1.54, 1.807) is 18.2 Å². The molecular weight excluding hydrogens is 390 g/mol. The lowest BCUT2D eigenvalue weighted by Gasteiger charge is -2.09. The van der Waals surface area contributed by atoms with E-state index in [1.807, 2.05) is 0 Å². The molecule has 2 rings (SSSR count). The number of hydrogen-bond acceptors (Lipinski definition) is 3. The van der Waals surface area contributed by atoms with E-state index in [2.05, 4.69) is 21.0 Å². The lowest BCUT2D eigenvalue weighted by molar-refractivity contribution is 0.286. The molecule has 1 aromatic heterocycles. The van der Waals surface area contributed by atoms with Gasteiger partial charge in [0.1, 0.15) is 17.4 Å². The minimum atomic E-state index is -0.446. The molecule has 0 aliphatic rings. The molecule has 0 fully saturated rings.